The summed E-state index contributed by atoms with van der Waals surface area (Å²) in [6, 6.07) is 7.88. The van der Waals surface area contributed by atoms with Gasteiger partial charge in [0.2, 0.25) is 11.5 Å². The van der Waals surface area contributed by atoms with Crippen molar-refractivity contribution in [2.24, 2.45) is 0 Å². The van der Waals surface area contributed by atoms with Crippen LogP contribution in [0.15, 0.2) is 40.9 Å². The molecule has 3 rings (SSSR count). The van der Waals surface area contributed by atoms with E-state index in [1.165, 1.54) is 36.1 Å². The Hall–Kier alpha value is -3.29. The number of carbonyl (C=O) groups is 1. The molecule has 3 atom stereocenters. The van der Waals surface area contributed by atoms with Crippen LogP contribution in [0.5, 0.6) is 17.2 Å². The van der Waals surface area contributed by atoms with Gasteiger partial charge in [0.15, 0.2) is 12.4 Å². The van der Waals surface area contributed by atoms with Crippen molar-refractivity contribution in [3.8, 4) is 17.2 Å². The van der Waals surface area contributed by atoms with E-state index in [-0.39, 0.29) is 47.4 Å². The Kier molecular flexibility index (Phi) is 8.82. The number of carbonyl (C=O) groups excluding carboxylic acids is 1. The van der Waals surface area contributed by atoms with E-state index in [9.17, 15) is 25.0 Å². The topological polar surface area (TPSA) is 144 Å². The normalized spacial score (nSPS) is 20.0. The predicted octanol–water partition coefficient (Wildman–Crippen LogP) is 4.82. The van der Waals surface area contributed by atoms with Crippen LogP contribution in [0.2, 0.25) is 0 Å². The maximum atomic E-state index is 13.0. The molecule has 0 spiro atoms. The highest BCUT2D eigenvalue weighted by Crippen LogP contribution is 2.37. The molecule has 2 aromatic carbocycles. The molecule has 1 saturated heterocycles. The third kappa shape index (κ3) is 6.47. The van der Waals surface area contributed by atoms with Gasteiger partial charge < -0.3 is 23.8 Å². The Labute approximate surface area is 215 Å². The van der Waals surface area contributed by atoms with Crippen molar-refractivity contribution in [1.29, 1.82) is 0 Å². The first kappa shape index (κ1) is 27.3. The quantitative estimate of drug-likeness (QED) is 0.291. The number of benzene rings is 2. The van der Waals surface area contributed by atoms with Gasteiger partial charge in [0.05, 0.1) is 28.6 Å². The lowest BCUT2D eigenvalue weighted by molar-refractivity contribution is -0.386. The second kappa shape index (κ2) is 11.6. The average molecular weight is 568 g/mol. The van der Waals surface area contributed by atoms with Gasteiger partial charge in [-0.1, -0.05) is 15.9 Å². The van der Waals surface area contributed by atoms with Crippen LogP contribution < -0.4 is 9.47 Å². The average Bonchev–Trinajstić information content (AvgIpc) is 3.14. The first-order valence-corrected chi connectivity index (χ1v) is 12.0. The molecule has 2 aromatic rings. The highest BCUT2D eigenvalue weighted by molar-refractivity contribution is 9.10. The van der Waals surface area contributed by atoms with Crippen molar-refractivity contribution >= 4 is 33.2 Å². The Morgan fingerprint density at radius 3 is 2.28 bits per heavy atom. The predicted molar refractivity (Wildman–Crippen MR) is 131 cm³/mol. The SMILES string of the molecule is CCN(CC1OC(C)C(C)O1)C(=O)C(C)Oc1cc(Oc2ccc(Br)cc2[N+](=O)[O-])ccc1[N+](=O)[O-]. The van der Waals surface area contributed by atoms with Crippen LogP contribution in [0, 0.1) is 20.2 Å². The number of nitro groups is 2. The van der Waals surface area contributed by atoms with Crippen LogP contribution in [0.25, 0.3) is 0 Å². The third-order valence-corrected chi connectivity index (χ3v) is 6.07. The molecule has 0 aromatic heterocycles. The lowest BCUT2D eigenvalue weighted by atomic mass is 10.2. The summed E-state index contributed by atoms with van der Waals surface area (Å²) < 4.78 is 23.2. The van der Waals surface area contributed by atoms with E-state index in [0.29, 0.717) is 11.0 Å². The number of ether oxygens (including phenoxy) is 4. The smallest absolute Gasteiger partial charge is 0.312 e. The Morgan fingerprint density at radius 1 is 1.06 bits per heavy atom. The summed E-state index contributed by atoms with van der Waals surface area (Å²) in [5.74, 6) is -0.640. The Morgan fingerprint density at radius 2 is 1.69 bits per heavy atom. The number of hydrogen-bond donors (Lipinski definition) is 0. The zero-order valence-corrected chi connectivity index (χ0v) is 21.7. The molecule has 0 radical (unpaired) electrons. The third-order valence-electron chi connectivity index (χ3n) is 5.58. The maximum absolute atomic E-state index is 13.0. The van der Waals surface area contributed by atoms with Gasteiger partial charge in [0.25, 0.3) is 5.91 Å². The van der Waals surface area contributed by atoms with E-state index in [1.54, 1.807) is 13.0 Å². The Balaban J connectivity index is 1.79. The molecule has 13 heteroatoms. The minimum Gasteiger partial charge on any atom is -0.474 e. The van der Waals surface area contributed by atoms with Gasteiger partial charge in [-0.3, -0.25) is 25.0 Å². The van der Waals surface area contributed by atoms with E-state index < -0.39 is 28.1 Å². The van der Waals surface area contributed by atoms with E-state index in [1.807, 2.05) is 13.8 Å². The van der Waals surface area contributed by atoms with Crippen molar-refractivity contribution in [2.45, 2.75) is 52.3 Å². The number of amides is 1. The summed E-state index contributed by atoms with van der Waals surface area (Å²) in [5.41, 5.74) is -0.687. The molecule has 1 aliphatic heterocycles. The molecule has 3 unspecified atom stereocenters. The first-order valence-electron chi connectivity index (χ1n) is 11.2. The van der Waals surface area contributed by atoms with E-state index in [0.717, 1.165) is 6.07 Å². The molecule has 0 bridgehead atoms. The van der Waals surface area contributed by atoms with Gasteiger partial charge >= 0.3 is 11.4 Å². The summed E-state index contributed by atoms with van der Waals surface area (Å²) in [5, 5.41) is 22.9. The van der Waals surface area contributed by atoms with Gasteiger partial charge in [0.1, 0.15) is 5.75 Å². The number of halogens is 1. The number of nitro benzene ring substituents is 2. The van der Waals surface area contributed by atoms with Gasteiger partial charge in [-0.05, 0) is 45.9 Å². The van der Waals surface area contributed by atoms with Crippen molar-refractivity contribution in [1.82, 2.24) is 4.90 Å². The summed E-state index contributed by atoms with van der Waals surface area (Å²) >= 11 is 3.17. The van der Waals surface area contributed by atoms with Crippen LogP contribution in [-0.2, 0) is 14.3 Å². The van der Waals surface area contributed by atoms with E-state index in [2.05, 4.69) is 15.9 Å². The fraction of sp³-hybridized carbons (Fsp3) is 0.435. The van der Waals surface area contributed by atoms with Crippen LogP contribution in [0.3, 0.4) is 0 Å². The second-order valence-corrected chi connectivity index (χ2v) is 9.02. The zero-order valence-electron chi connectivity index (χ0n) is 20.1. The molecule has 1 amide bonds. The van der Waals surface area contributed by atoms with Gasteiger partial charge in [-0.25, -0.2) is 0 Å². The van der Waals surface area contributed by atoms with Gasteiger partial charge in [-0.2, -0.15) is 0 Å². The van der Waals surface area contributed by atoms with Crippen LogP contribution in [0.4, 0.5) is 11.4 Å². The minimum absolute atomic E-state index is 0.0590. The summed E-state index contributed by atoms with van der Waals surface area (Å²) in [7, 11) is 0. The molecule has 1 fully saturated rings. The standard InChI is InChI=1S/C23H26BrN3O9/c1-5-25(12-22-34-13(2)14(3)35-22)23(28)15(4)33-21-11-17(7-8-18(21)26(29)30)36-20-9-6-16(24)10-19(20)27(31)32/h6-11,13-15,22H,5,12H2,1-4H3. The number of nitrogens with zero attached hydrogens (tertiary/aromatic N) is 3. The second-order valence-electron chi connectivity index (χ2n) is 8.11. The van der Waals surface area contributed by atoms with Gasteiger partial charge in [0, 0.05) is 29.2 Å². The molecule has 1 aliphatic rings. The molecular weight excluding hydrogens is 542 g/mol. The van der Waals surface area contributed by atoms with Crippen molar-refractivity contribution in [3.63, 3.8) is 0 Å². The molecule has 0 N–H and O–H groups in total. The molecular formula is C23H26BrN3O9. The number of rotatable bonds is 10. The number of likely N-dealkylation sites (N-methyl/N-ethyl adjacent to an activating group) is 1. The van der Waals surface area contributed by atoms with Crippen LogP contribution >= 0.6 is 15.9 Å². The van der Waals surface area contributed by atoms with Crippen molar-refractivity contribution in [3.05, 3.63) is 61.1 Å². The van der Waals surface area contributed by atoms with Crippen LogP contribution in [-0.4, -0.2) is 58.3 Å². The summed E-state index contributed by atoms with van der Waals surface area (Å²) in [6.07, 6.45) is -1.88. The zero-order chi connectivity index (χ0) is 26.6. The molecule has 36 heavy (non-hydrogen) atoms. The fourth-order valence-electron chi connectivity index (χ4n) is 3.52. The number of hydrogen-bond acceptors (Lipinski definition) is 9. The lowest BCUT2D eigenvalue weighted by Crippen LogP contribution is -2.44. The van der Waals surface area contributed by atoms with Crippen molar-refractivity contribution < 1.29 is 33.6 Å². The monoisotopic (exact) mass is 567 g/mol. The van der Waals surface area contributed by atoms with E-state index in [4.69, 9.17) is 18.9 Å². The highest BCUT2D eigenvalue weighted by atomic mass is 79.9. The van der Waals surface area contributed by atoms with Gasteiger partial charge in [-0.15, -0.1) is 0 Å². The Bertz CT molecular complexity index is 1140. The fourth-order valence-corrected chi connectivity index (χ4v) is 3.87. The molecule has 194 valence electrons. The summed E-state index contributed by atoms with van der Waals surface area (Å²) in [6.45, 7) is 7.54. The molecule has 12 nitrogen and oxygen atoms in total. The molecule has 1 heterocycles. The first-order chi connectivity index (χ1) is 17.0. The largest absolute Gasteiger partial charge is 0.474 e. The van der Waals surface area contributed by atoms with Crippen LogP contribution in [0.1, 0.15) is 27.7 Å². The molecule has 0 saturated carbocycles. The molecule has 0 aliphatic carbocycles. The minimum atomic E-state index is -1.09. The summed E-state index contributed by atoms with van der Waals surface area (Å²) in [4.78, 5) is 36.2. The van der Waals surface area contributed by atoms with Crippen molar-refractivity contribution in [2.75, 3.05) is 13.1 Å². The maximum Gasteiger partial charge on any atom is 0.312 e. The lowest BCUT2D eigenvalue weighted by Gasteiger charge is -2.26. The highest BCUT2D eigenvalue weighted by Gasteiger charge is 2.33. The van der Waals surface area contributed by atoms with E-state index >= 15 is 0 Å².